The molecule has 2 aromatic carbocycles. The van der Waals surface area contributed by atoms with Gasteiger partial charge in [-0.2, -0.15) is 13.5 Å². The first-order chi connectivity index (χ1) is 16.3. The van der Waals surface area contributed by atoms with Crippen LogP contribution in [0.4, 0.5) is 5.69 Å². The number of nitrogens with one attached hydrogen (secondary N) is 2. The van der Waals surface area contributed by atoms with Gasteiger partial charge in [0.15, 0.2) is 0 Å². The van der Waals surface area contributed by atoms with Gasteiger partial charge in [0, 0.05) is 48.2 Å². The molecule has 4 aliphatic rings. The summed E-state index contributed by atoms with van der Waals surface area (Å²) in [7, 11) is -3.77. The van der Waals surface area contributed by atoms with Crippen LogP contribution in [-0.2, 0) is 20.2 Å². The molecule has 3 heterocycles. The lowest BCUT2D eigenvalue weighted by Gasteiger charge is -2.52. The smallest absolute Gasteiger partial charge is 0.276 e. The van der Waals surface area contributed by atoms with E-state index in [0.29, 0.717) is 18.8 Å². The second kappa shape index (κ2) is 7.57. The fourth-order valence-electron chi connectivity index (χ4n) is 6.85. The molecule has 2 N–H and O–H groups in total. The summed E-state index contributed by atoms with van der Waals surface area (Å²) in [5.74, 6) is 0.633. The largest absolute Gasteiger partial charge is 0.381 e. The summed E-state index contributed by atoms with van der Waals surface area (Å²) in [5, 5.41) is 8.21. The highest BCUT2D eigenvalue weighted by molar-refractivity contribution is 7.89. The number of hydrogen-bond acceptors (Lipinski definition) is 5. The number of amides is 1. The Morgan fingerprint density at radius 2 is 1.94 bits per heavy atom. The molecule has 1 spiro atoms. The summed E-state index contributed by atoms with van der Waals surface area (Å²) < 4.78 is 25.9. The number of benzene rings is 2. The molecule has 7 nitrogen and oxygen atoms in total. The van der Waals surface area contributed by atoms with Crippen molar-refractivity contribution in [3.63, 3.8) is 0 Å². The van der Waals surface area contributed by atoms with E-state index in [9.17, 15) is 13.2 Å². The lowest BCUT2D eigenvalue weighted by Crippen LogP contribution is -2.63. The molecule has 1 amide bonds. The Bertz CT molecular complexity index is 1290. The number of fused-ring (bicyclic) bond motifs is 1. The van der Waals surface area contributed by atoms with Crippen LogP contribution in [0.1, 0.15) is 43.7 Å². The summed E-state index contributed by atoms with van der Waals surface area (Å²) in [6, 6.07) is 15.1. The molecule has 0 radical (unpaired) electrons. The molecule has 0 aromatic heterocycles. The van der Waals surface area contributed by atoms with Crippen molar-refractivity contribution in [2.75, 3.05) is 11.9 Å². The van der Waals surface area contributed by atoms with E-state index in [2.05, 4.69) is 45.3 Å². The fourth-order valence-corrected chi connectivity index (χ4v) is 7.69. The van der Waals surface area contributed by atoms with E-state index in [1.807, 2.05) is 13.0 Å². The highest BCUT2D eigenvalue weighted by Gasteiger charge is 2.66. The molecule has 34 heavy (non-hydrogen) atoms. The van der Waals surface area contributed by atoms with Gasteiger partial charge in [-0.25, -0.2) is 4.83 Å². The second-order valence-electron chi connectivity index (χ2n) is 10.3. The Labute approximate surface area is 200 Å². The molecule has 3 fully saturated rings. The Balaban J connectivity index is 1.41. The second-order valence-corrected chi connectivity index (χ2v) is 11.9. The third-order valence-electron chi connectivity index (χ3n) is 8.49. The van der Waals surface area contributed by atoms with E-state index in [-0.39, 0.29) is 34.2 Å². The molecular formula is C26H30N4O3S. The quantitative estimate of drug-likeness (QED) is 0.659. The molecule has 2 saturated heterocycles. The molecule has 0 unspecified atom stereocenters. The van der Waals surface area contributed by atoms with Crippen molar-refractivity contribution in [3.05, 3.63) is 59.7 Å². The van der Waals surface area contributed by atoms with Gasteiger partial charge in [0.25, 0.3) is 10.0 Å². The van der Waals surface area contributed by atoms with Crippen LogP contribution >= 0.6 is 0 Å². The number of sulfonamides is 1. The summed E-state index contributed by atoms with van der Waals surface area (Å²) in [6.45, 7) is 4.86. The van der Waals surface area contributed by atoms with Crippen molar-refractivity contribution in [1.82, 2.24) is 9.73 Å². The predicted octanol–water partition coefficient (Wildman–Crippen LogP) is 3.41. The van der Waals surface area contributed by atoms with Crippen LogP contribution in [0.2, 0.25) is 0 Å². The minimum absolute atomic E-state index is 0.000305. The van der Waals surface area contributed by atoms with Crippen LogP contribution in [0.25, 0.3) is 0 Å². The highest BCUT2D eigenvalue weighted by Crippen LogP contribution is 2.59. The molecule has 1 saturated carbocycles. The zero-order valence-electron chi connectivity index (χ0n) is 19.5. The number of carbonyl (C=O) groups excluding carboxylic acids is 1. The Kier molecular flexibility index (Phi) is 4.82. The van der Waals surface area contributed by atoms with Crippen molar-refractivity contribution >= 4 is 27.3 Å². The first-order valence-electron chi connectivity index (χ1n) is 12.1. The number of piperidine rings is 1. The number of anilines is 1. The summed E-state index contributed by atoms with van der Waals surface area (Å²) in [6.07, 6.45) is 3.03. The molecular weight excluding hydrogens is 448 g/mol. The van der Waals surface area contributed by atoms with Crippen molar-refractivity contribution in [3.8, 4) is 0 Å². The van der Waals surface area contributed by atoms with Crippen LogP contribution in [-0.4, -0.2) is 43.6 Å². The van der Waals surface area contributed by atoms with Gasteiger partial charge in [0.05, 0.1) is 10.9 Å². The first-order valence-corrected chi connectivity index (χ1v) is 13.6. The molecule has 5 atom stereocenters. The van der Waals surface area contributed by atoms with Gasteiger partial charge in [-0.1, -0.05) is 49.2 Å². The third kappa shape index (κ3) is 3.04. The maximum absolute atomic E-state index is 13.3. The number of hydrazone groups is 1. The normalized spacial score (nSPS) is 32.7. The van der Waals surface area contributed by atoms with E-state index in [1.54, 1.807) is 24.3 Å². The number of carbonyl (C=O) groups is 1. The molecule has 2 aromatic rings. The van der Waals surface area contributed by atoms with E-state index < -0.39 is 10.0 Å². The Hall–Kier alpha value is -2.87. The van der Waals surface area contributed by atoms with E-state index in [0.717, 1.165) is 36.3 Å². The summed E-state index contributed by atoms with van der Waals surface area (Å²) in [5.41, 5.74) is 3.87. The fraction of sp³-hybridized carbons (Fsp3) is 0.462. The van der Waals surface area contributed by atoms with Gasteiger partial charge in [0.2, 0.25) is 5.91 Å². The zero-order chi connectivity index (χ0) is 23.7. The van der Waals surface area contributed by atoms with E-state index in [1.165, 1.54) is 5.56 Å². The Morgan fingerprint density at radius 3 is 2.71 bits per heavy atom. The third-order valence-corrected chi connectivity index (χ3v) is 9.71. The SMILES string of the molecule is CC[C@H]1C[C@H]2C(=NNS(=O)(=O)c3ccc(C)cc3)C[C@H]3Nc4ccccc4[C@]34CC(=O)N(C1)[C@H]24. The van der Waals surface area contributed by atoms with Crippen molar-refractivity contribution in [2.45, 2.75) is 61.9 Å². The average Bonchev–Trinajstić information content (AvgIpc) is 3.32. The van der Waals surface area contributed by atoms with Crippen molar-refractivity contribution in [2.24, 2.45) is 16.9 Å². The maximum Gasteiger partial charge on any atom is 0.276 e. The summed E-state index contributed by atoms with van der Waals surface area (Å²) in [4.78, 5) is 18.1. The van der Waals surface area contributed by atoms with Crippen LogP contribution < -0.4 is 10.1 Å². The minimum atomic E-state index is -3.77. The van der Waals surface area contributed by atoms with Crippen LogP contribution in [0.3, 0.4) is 0 Å². The highest BCUT2D eigenvalue weighted by atomic mass is 32.2. The van der Waals surface area contributed by atoms with Crippen LogP contribution in [0.5, 0.6) is 0 Å². The molecule has 178 valence electrons. The topological polar surface area (TPSA) is 90.9 Å². The maximum atomic E-state index is 13.3. The van der Waals surface area contributed by atoms with Crippen molar-refractivity contribution < 1.29 is 13.2 Å². The molecule has 0 bridgehead atoms. The number of hydrogen-bond donors (Lipinski definition) is 2. The van der Waals surface area contributed by atoms with Gasteiger partial charge in [-0.05, 0) is 43.0 Å². The zero-order valence-corrected chi connectivity index (χ0v) is 20.3. The van der Waals surface area contributed by atoms with Crippen LogP contribution in [0.15, 0.2) is 58.5 Å². The summed E-state index contributed by atoms with van der Waals surface area (Å²) >= 11 is 0. The molecule has 6 rings (SSSR count). The van der Waals surface area contributed by atoms with Gasteiger partial charge < -0.3 is 10.2 Å². The van der Waals surface area contributed by atoms with Gasteiger partial charge in [-0.3, -0.25) is 4.79 Å². The standard InChI is InChI=1S/C26H30N4O3S/c1-3-17-12-19-22(28-29-34(32,33)18-10-8-16(2)9-11-18)13-23-26(14-24(31)30(15-17)25(19)26)20-6-4-5-7-21(20)27-23/h4-11,17,19,23,25,27,29H,3,12-15H2,1-2H3/t17-,19-,23+,25+,26+/m0/s1. The van der Waals surface area contributed by atoms with Gasteiger partial charge in [-0.15, -0.1) is 0 Å². The number of rotatable bonds is 4. The van der Waals surface area contributed by atoms with E-state index >= 15 is 0 Å². The lowest BCUT2D eigenvalue weighted by molar-refractivity contribution is -0.131. The number of nitrogens with zero attached hydrogens (tertiary/aromatic N) is 2. The molecule has 3 aliphatic heterocycles. The Morgan fingerprint density at radius 1 is 1.18 bits per heavy atom. The minimum Gasteiger partial charge on any atom is -0.381 e. The average molecular weight is 479 g/mol. The monoisotopic (exact) mass is 478 g/mol. The predicted molar refractivity (Wildman–Crippen MR) is 131 cm³/mol. The van der Waals surface area contributed by atoms with E-state index in [4.69, 9.17) is 0 Å². The number of aryl methyl sites for hydroxylation is 1. The first kappa shape index (κ1) is 21.6. The molecule has 1 aliphatic carbocycles. The molecule has 8 heteroatoms. The van der Waals surface area contributed by atoms with Crippen molar-refractivity contribution in [1.29, 1.82) is 0 Å². The lowest BCUT2D eigenvalue weighted by atomic mass is 9.58. The van der Waals surface area contributed by atoms with Gasteiger partial charge in [0.1, 0.15) is 0 Å². The number of para-hydroxylation sites is 1. The van der Waals surface area contributed by atoms with Gasteiger partial charge >= 0.3 is 0 Å². The van der Waals surface area contributed by atoms with Crippen LogP contribution in [0, 0.1) is 18.8 Å².